The average molecular weight is 731 g/mol. The molecule has 4 aliphatic rings. The van der Waals surface area contributed by atoms with E-state index in [2.05, 4.69) is 28.7 Å². The number of aliphatic carboxylic acids is 1. The lowest BCUT2D eigenvalue weighted by atomic mass is 9.66. The van der Waals surface area contributed by atoms with Gasteiger partial charge in [-0.3, -0.25) is 14.5 Å². The number of carboxylic acids is 1. The van der Waals surface area contributed by atoms with Crippen LogP contribution in [0.25, 0.3) is 22.2 Å². The van der Waals surface area contributed by atoms with Crippen LogP contribution in [0.4, 0.5) is 22.0 Å². The summed E-state index contributed by atoms with van der Waals surface area (Å²) in [6.07, 6.45) is 4.57. The lowest BCUT2D eigenvalue weighted by molar-refractivity contribution is -0.151. The van der Waals surface area contributed by atoms with Gasteiger partial charge in [0.25, 0.3) is 11.8 Å². The molecule has 2 atom stereocenters. The number of rotatable bonds is 10. The van der Waals surface area contributed by atoms with Gasteiger partial charge in [0.05, 0.1) is 41.9 Å². The van der Waals surface area contributed by atoms with E-state index in [1.165, 1.54) is 12.1 Å². The summed E-state index contributed by atoms with van der Waals surface area (Å²) in [5, 5.41) is 13.0. The summed E-state index contributed by atoms with van der Waals surface area (Å²) in [7, 11) is 0. The van der Waals surface area contributed by atoms with Gasteiger partial charge in [-0.1, -0.05) is 13.8 Å². The van der Waals surface area contributed by atoms with Crippen molar-refractivity contribution in [2.45, 2.75) is 121 Å². The molecule has 0 spiro atoms. The number of likely N-dealkylation sites (tertiary alicyclic amines) is 1. The monoisotopic (exact) mass is 730 g/mol. The Balaban J connectivity index is 1.12. The summed E-state index contributed by atoms with van der Waals surface area (Å²) < 4.78 is 79.0. The Morgan fingerprint density at radius 1 is 0.981 bits per heavy atom. The Labute approximate surface area is 300 Å². The number of aromatic nitrogens is 2. The first-order valence-corrected chi connectivity index (χ1v) is 18.8. The second-order valence-electron chi connectivity index (χ2n) is 15.6. The molecule has 7 rings (SSSR count). The van der Waals surface area contributed by atoms with Crippen LogP contribution in [0.2, 0.25) is 0 Å². The third-order valence-electron chi connectivity index (χ3n) is 12.0. The summed E-state index contributed by atoms with van der Waals surface area (Å²) in [4.78, 5) is 30.9. The first kappa shape index (κ1) is 36.6. The van der Waals surface area contributed by atoms with Gasteiger partial charge in [0.2, 0.25) is 0 Å². The molecular formula is C39H47F5N4O4. The molecule has 13 heteroatoms. The molecule has 282 valence electrons. The highest BCUT2D eigenvalue weighted by atomic mass is 19.4. The number of ether oxygens (including phenoxy) is 1. The molecule has 1 amide bonds. The highest BCUT2D eigenvalue weighted by Gasteiger charge is 2.47. The summed E-state index contributed by atoms with van der Waals surface area (Å²) >= 11 is 0. The van der Waals surface area contributed by atoms with Crippen molar-refractivity contribution in [3.05, 3.63) is 47.8 Å². The number of nitrogens with zero attached hydrogens (tertiary/aromatic N) is 3. The van der Waals surface area contributed by atoms with E-state index >= 15 is 0 Å². The number of benzene rings is 1. The number of amides is 1. The van der Waals surface area contributed by atoms with E-state index in [0.29, 0.717) is 42.4 Å². The van der Waals surface area contributed by atoms with Crippen LogP contribution >= 0.6 is 0 Å². The fraction of sp³-hybridized carbons (Fsp3) is 0.615. The zero-order valence-corrected chi connectivity index (χ0v) is 29.6. The lowest BCUT2D eigenvalue weighted by Crippen LogP contribution is -2.60. The normalized spacial score (nSPS) is 27.7. The van der Waals surface area contributed by atoms with Crippen molar-refractivity contribution >= 4 is 22.8 Å². The van der Waals surface area contributed by atoms with E-state index in [-0.39, 0.29) is 54.8 Å². The number of alkyl halides is 5. The van der Waals surface area contributed by atoms with Crippen LogP contribution in [-0.4, -0.2) is 68.6 Å². The topological polar surface area (TPSA) is 96.7 Å². The molecule has 1 saturated heterocycles. The first-order chi connectivity index (χ1) is 24.7. The van der Waals surface area contributed by atoms with Crippen molar-refractivity contribution in [2.24, 2.45) is 17.8 Å². The summed E-state index contributed by atoms with van der Waals surface area (Å²) in [6, 6.07) is 8.15. The molecule has 2 N–H and O–H groups in total. The van der Waals surface area contributed by atoms with Crippen LogP contribution in [0.1, 0.15) is 107 Å². The smallest absolute Gasteiger partial charge is 0.434 e. The summed E-state index contributed by atoms with van der Waals surface area (Å²) in [5.74, 6) is -3.77. The second-order valence-corrected chi connectivity index (χ2v) is 15.6. The molecule has 3 saturated carbocycles. The number of halogens is 5. The summed E-state index contributed by atoms with van der Waals surface area (Å²) in [6.45, 7) is 3.76. The number of hydrogen-bond acceptors (Lipinski definition) is 5. The maximum Gasteiger partial charge on any atom is 0.434 e. The van der Waals surface area contributed by atoms with Gasteiger partial charge in [0.15, 0.2) is 5.69 Å². The highest BCUT2D eigenvalue weighted by molar-refractivity contribution is 5.98. The Kier molecular flexibility index (Phi) is 10.0. The van der Waals surface area contributed by atoms with Crippen LogP contribution < -0.4 is 10.1 Å². The Hall–Kier alpha value is -3.74. The van der Waals surface area contributed by atoms with Crippen molar-refractivity contribution in [2.75, 3.05) is 13.1 Å². The van der Waals surface area contributed by atoms with E-state index in [0.717, 1.165) is 50.5 Å². The van der Waals surface area contributed by atoms with Crippen molar-refractivity contribution < 1.29 is 41.4 Å². The van der Waals surface area contributed by atoms with E-state index in [9.17, 15) is 36.6 Å². The van der Waals surface area contributed by atoms with E-state index in [1.54, 1.807) is 0 Å². The summed E-state index contributed by atoms with van der Waals surface area (Å²) in [5.41, 5.74) is -0.347. The third-order valence-corrected chi connectivity index (χ3v) is 12.0. The van der Waals surface area contributed by atoms with Gasteiger partial charge in [-0.2, -0.15) is 13.2 Å². The maximum atomic E-state index is 14.6. The Morgan fingerprint density at radius 3 is 2.25 bits per heavy atom. The molecule has 1 aliphatic heterocycles. The largest absolute Gasteiger partial charge is 0.490 e. The van der Waals surface area contributed by atoms with Gasteiger partial charge in [-0.15, -0.1) is 0 Å². The molecular weight excluding hydrogens is 683 g/mol. The number of carbonyl (C=O) groups is 2. The van der Waals surface area contributed by atoms with Crippen molar-refractivity contribution in [3.8, 4) is 17.0 Å². The van der Waals surface area contributed by atoms with E-state index in [1.807, 2.05) is 29.3 Å². The molecule has 2 unspecified atom stereocenters. The minimum Gasteiger partial charge on any atom is -0.490 e. The number of carboxylic acid groups (broad SMARTS) is 1. The van der Waals surface area contributed by atoms with Crippen molar-refractivity contribution in [1.82, 2.24) is 19.8 Å². The van der Waals surface area contributed by atoms with Gasteiger partial charge in [-0.25, -0.2) is 13.8 Å². The van der Waals surface area contributed by atoms with Crippen LogP contribution in [-0.2, 0) is 11.0 Å². The molecule has 3 heterocycles. The number of hydrogen-bond donors (Lipinski definition) is 2. The SMILES string of the molecule is CCC(CC)n1cc(-c2ccc(C(=O)NC3CC4CC(C3)CC(C(=O)O)C4)c(C(F)(F)F)n2)c2ccc(OC3CCC(N4CC(F)(F)C4)CC3)cc21. The highest BCUT2D eigenvalue weighted by Crippen LogP contribution is 2.44. The lowest BCUT2D eigenvalue weighted by Gasteiger charge is -2.46. The van der Waals surface area contributed by atoms with Gasteiger partial charge in [0, 0.05) is 41.3 Å². The zero-order chi connectivity index (χ0) is 36.9. The van der Waals surface area contributed by atoms with Crippen LogP contribution in [0, 0.1) is 17.8 Å². The van der Waals surface area contributed by atoms with Crippen LogP contribution in [0.15, 0.2) is 36.5 Å². The second kappa shape index (κ2) is 14.2. The van der Waals surface area contributed by atoms with Crippen LogP contribution in [0.5, 0.6) is 5.75 Å². The Morgan fingerprint density at radius 2 is 1.65 bits per heavy atom. The van der Waals surface area contributed by atoms with Gasteiger partial charge in [0.1, 0.15) is 5.75 Å². The number of carbonyl (C=O) groups excluding carboxylic acids is 1. The third kappa shape index (κ3) is 7.52. The fourth-order valence-corrected chi connectivity index (χ4v) is 9.46. The molecule has 2 aromatic heterocycles. The van der Waals surface area contributed by atoms with Crippen LogP contribution in [0.3, 0.4) is 0 Å². The van der Waals surface area contributed by atoms with E-state index < -0.39 is 41.2 Å². The minimum absolute atomic E-state index is 0.0592. The quantitative estimate of drug-likeness (QED) is 0.203. The predicted octanol–water partition coefficient (Wildman–Crippen LogP) is 8.73. The van der Waals surface area contributed by atoms with Gasteiger partial charge >= 0.3 is 12.1 Å². The van der Waals surface area contributed by atoms with Gasteiger partial charge < -0.3 is 19.7 Å². The average Bonchev–Trinajstić information content (AvgIpc) is 3.45. The molecule has 1 aromatic carbocycles. The Bertz CT molecular complexity index is 1780. The van der Waals surface area contributed by atoms with Gasteiger partial charge in [-0.05, 0) is 107 Å². The predicted molar refractivity (Wildman–Crippen MR) is 185 cm³/mol. The standard InChI is InChI=1S/C39H47F5N4O4/c1-3-26(4-2)48-19-32(30-10-9-29(18-34(30)48)52-28-7-5-27(6-8-28)47-20-38(40,41)21-47)33-12-11-31(35(46-33)39(42,43)44)36(49)45-25-16-22-13-23(17-25)15-24(14-22)37(50)51/h9-12,18-19,22-28H,3-8,13-17,20-21H2,1-2H3,(H,45,49)(H,50,51). The van der Waals surface area contributed by atoms with Crippen molar-refractivity contribution in [1.29, 1.82) is 0 Å². The molecule has 3 aliphatic carbocycles. The zero-order valence-electron chi connectivity index (χ0n) is 29.6. The molecule has 0 radical (unpaired) electrons. The molecule has 2 bridgehead atoms. The minimum atomic E-state index is -4.88. The van der Waals surface area contributed by atoms with E-state index in [4.69, 9.17) is 4.74 Å². The fourth-order valence-electron chi connectivity index (χ4n) is 9.46. The molecule has 4 fully saturated rings. The molecule has 52 heavy (non-hydrogen) atoms. The number of nitrogens with one attached hydrogen (secondary N) is 1. The van der Waals surface area contributed by atoms with Crippen molar-refractivity contribution in [3.63, 3.8) is 0 Å². The molecule has 3 aromatic rings. The number of pyridine rings is 1. The number of fused-ring (bicyclic) bond motifs is 3. The first-order valence-electron chi connectivity index (χ1n) is 18.8. The maximum absolute atomic E-state index is 14.6. The molecule has 8 nitrogen and oxygen atoms in total.